The van der Waals surface area contributed by atoms with Crippen LogP contribution in [0.2, 0.25) is 0 Å². The van der Waals surface area contributed by atoms with E-state index in [2.05, 4.69) is 5.10 Å². The molecule has 1 aromatic rings. The van der Waals surface area contributed by atoms with Crippen LogP contribution in [-0.2, 0) is 18.4 Å². The number of hydrogen-bond acceptors (Lipinski definition) is 4. The first-order valence-corrected chi connectivity index (χ1v) is 6.58. The molecule has 6 heteroatoms. The van der Waals surface area contributed by atoms with Crippen molar-refractivity contribution in [2.45, 2.75) is 38.8 Å². The number of piperidine rings is 1. The molecule has 1 aromatic heterocycles. The number of aryl methyl sites for hydroxylation is 2. The average Bonchev–Trinajstić information content (AvgIpc) is 2.64. The van der Waals surface area contributed by atoms with Gasteiger partial charge in [-0.15, -0.1) is 0 Å². The number of hydrogen-bond donors (Lipinski definition) is 1. The van der Waals surface area contributed by atoms with E-state index in [0.29, 0.717) is 12.4 Å². The molecule has 0 saturated carbocycles. The first kappa shape index (κ1) is 13.9. The van der Waals surface area contributed by atoms with Crippen molar-refractivity contribution >= 4 is 5.97 Å². The van der Waals surface area contributed by atoms with Crippen molar-refractivity contribution in [2.24, 2.45) is 7.05 Å². The van der Waals surface area contributed by atoms with E-state index >= 15 is 0 Å². The van der Waals surface area contributed by atoms with E-state index in [1.165, 1.54) is 0 Å². The summed E-state index contributed by atoms with van der Waals surface area (Å²) in [4.78, 5) is 13.3. The maximum atomic E-state index is 11.3. The third-order valence-corrected chi connectivity index (χ3v) is 3.74. The normalized spacial score (nSPS) is 20.5. The lowest BCUT2D eigenvalue weighted by Gasteiger charge is -2.32. The Hall–Kier alpha value is -1.56. The molecule has 2 heterocycles. The molecule has 2 rings (SSSR count). The number of rotatable bonds is 4. The predicted molar refractivity (Wildman–Crippen MR) is 70.2 cm³/mol. The molecule has 0 aromatic carbocycles. The SMILES string of the molecule is COc1c(CN2CCCCC2C(=O)O)c(C)nn1C. The Kier molecular flexibility index (Phi) is 4.09. The molecule has 0 amide bonds. The summed E-state index contributed by atoms with van der Waals surface area (Å²) < 4.78 is 7.06. The number of carboxylic acids is 1. The monoisotopic (exact) mass is 267 g/mol. The van der Waals surface area contributed by atoms with Crippen molar-refractivity contribution in [3.8, 4) is 5.88 Å². The summed E-state index contributed by atoms with van der Waals surface area (Å²) in [5.74, 6) is -0.0209. The molecule has 0 spiro atoms. The zero-order valence-electron chi connectivity index (χ0n) is 11.7. The zero-order valence-corrected chi connectivity index (χ0v) is 11.7. The molecule has 1 aliphatic heterocycles. The van der Waals surface area contributed by atoms with Crippen LogP contribution < -0.4 is 4.74 Å². The first-order valence-electron chi connectivity index (χ1n) is 6.58. The van der Waals surface area contributed by atoms with Gasteiger partial charge in [0, 0.05) is 13.6 Å². The van der Waals surface area contributed by atoms with E-state index in [-0.39, 0.29) is 0 Å². The lowest BCUT2D eigenvalue weighted by Crippen LogP contribution is -2.44. The van der Waals surface area contributed by atoms with Crippen LogP contribution in [0.5, 0.6) is 5.88 Å². The molecule has 0 bridgehead atoms. The average molecular weight is 267 g/mol. The summed E-state index contributed by atoms with van der Waals surface area (Å²) in [5.41, 5.74) is 1.88. The van der Waals surface area contributed by atoms with E-state index in [1.807, 2.05) is 18.9 Å². The van der Waals surface area contributed by atoms with Gasteiger partial charge in [0.05, 0.1) is 18.4 Å². The van der Waals surface area contributed by atoms with Crippen LogP contribution >= 0.6 is 0 Å². The molecule has 19 heavy (non-hydrogen) atoms. The van der Waals surface area contributed by atoms with Gasteiger partial charge < -0.3 is 9.84 Å². The smallest absolute Gasteiger partial charge is 0.320 e. The highest BCUT2D eigenvalue weighted by molar-refractivity contribution is 5.73. The van der Waals surface area contributed by atoms with Gasteiger partial charge in [0.25, 0.3) is 0 Å². The highest BCUT2D eigenvalue weighted by Gasteiger charge is 2.30. The predicted octanol–water partition coefficient (Wildman–Crippen LogP) is 1.18. The summed E-state index contributed by atoms with van der Waals surface area (Å²) in [6, 6.07) is -0.391. The summed E-state index contributed by atoms with van der Waals surface area (Å²) in [5, 5.41) is 13.6. The molecule has 1 atom stereocenters. The molecular weight excluding hydrogens is 246 g/mol. The second-order valence-corrected chi connectivity index (χ2v) is 5.02. The van der Waals surface area contributed by atoms with Gasteiger partial charge in [0.15, 0.2) is 0 Å². The van der Waals surface area contributed by atoms with Crippen LogP contribution in [0.1, 0.15) is 30.5 Å². The standard InChI is InChI=1S/C13H21N3O3/c1-9-10(12(19-3)15(2)14-9)8-16-7-5-4-6-11(16)13(17)18/h11H,4-8H2,1-3H3,(H,17,18). The van der Waals surface area contributed by atoms with Crippen molar-refractivity contribution in [3.05, 3.63) is 11.3 Å². The van der Waals surface area contributed by atoms with Crippen LogP contribution in [0.4, 0.5) is 0 Å². The number of methoxy groups -OCH3 is 1. The second kappa shape index (κ2) is 5.61. The van der Waals surface area contributed by atoms with Crippen molar-refractivity contribution in [1.82, 2.24) is 14.7 Å². The minimum atomic E-state index is -0.736. The number of nitrogens with zero attached hydrogens (tertiary/aromatic N) is 3. The molecule has 1 fully saturated rings. The quantitative estimate of drug-likeness (QED) is 0.887. The number of carbonyl (C=O) groups is 1. The Balaban J connectivity index is 2.21. The van der Waals surface area contributed by atoms with Crippen LogP contribution in [-0.4, -0.2) is 45.5 Å². The third-order valence-electron chi connectivity index (χ3n) is 3.74. The van der Waals surface area contributed by atoms with Crippen molar-refractivity contribution < 1.29 is 14.6 Å². The van der Waals surface area contributed by atoms with Crippen LogP contribution in [0.25, 0.3) is 0 Å². The Labute approximate surface area is 113 Å². The maximum absolute atomic E-state index is 11.3. The van der Waals surface area contributed by atoms with Crippen molar-refractivity contribution in [2.75, 3.05) is 13.7 Å². The molecule has 0 radical (unpaired) electrons. The van der Waals surface area contributed by atoms with Crippen LogP contribution in [0.3, 0.4) is 0 Å². The molecule has 1 unspecified atom stereocenters. The lowest BCUT2D eigenvalue weighted by molar-refractivity contribution is -0.144. The molecule has 1 aliphatic rings. The largest absolute Gasteiger partial charge is 0.481 e. The van der Waals surface area contributed by atoms with Gasteiger partial charge in [-0.3, -0.25) is 9.69 Å². The summed E-state index contributed by atoms with van der Waals surface area (Å²) in [6.07, 6.45) is 2.75. The Morgan fingerprint density at radius 3 is 2.89 bits per heavy atom. The van der Waals surface area contributed by atoms with E-state index in [4.69, 9.17) is 4.74 Å². The molecule has 106 valence electrons. The molecule has 6 nitrogen and oxygen atoms in total. The minimum absolute atomic E-state index is 0.391. The number of likely N-dealkylation sites (tertiary alicyclic amines) is 1. The summed E-state index contributed by atoms with van der Waals surface area (Å²) >= 11 is 0. The van der Waals surface area contributed by atoms with Crippen molar-refractivity contribution in [3.63, 3.8) is 0 Å². The highest BCUT2D eigenvalue weighted by atomic mass is 16.5. The number of aliphatic carboxylic acids is 1. The maximum Gasteiger partial charge on any atom is 0.320 e. The summed E-state index contributed by atoms with van der Waals surface area (Å²) in [7, 11) is 3.45. The Bertz CT molecular complexity index is 470. The fourth-order valence-electron chi connectivity index (χ4n) is 2.78. The van der Waals surface area contributed by atoms with Gasteiger partial charge in [0.1, 0.15) is 6.04 Å². The van der Waals surface area contributed by atoms with Gasteiger partial charge >= 0.3 is 5.97 Å². The third kappa shape index (κ3) is 2.73. The number of aromatic nitrogens is 2. The molecular formula is C13H21N3O3. The fourth-order valence-corrected chi connectivity index (χ4v) is 2.78. The van der Waals surface area contributed by atoms with Gasteiger partial charge in [-0.25, -0.2) is 4.68 Å². The molecule has 0 aliphatic carbocycles. The van der Waals surface area contributed by atoms with E-state index in [0.717, 1.165) is 37.1 Å². The Morgan fingerprint density at radius 1 is 1.53 bits per heavy atom. The first-order chi connectivity index (χ1) is 9.04. The topological polar surface area (TPSA) is 67.6 Å². The van der Waals surface area contributed by atoms with E-state index in [1.54, 1.807) is 11.8 Å². The van der Waals surface area contributed by atoms with Gasteiger partial charge in [-0.1, -0.05) is 6.42 Å². The molecule has 1 N–H and O–H groups in total. The van der Waals surface area contributed by atoms with Crippen molar-refractivity contribution in [1.29, 1.82) is 0 Å². The van der Waals surface area contributed by atoms with Gasteiger partial charge in [-0.2, -0.15) is 5.10 Å². The molecule has 1 saturated heterocycles. The fraction of sp³-hybridized carbons (Fsp3) is 0.692. The highest BCUT2D eigenvalue weighted by Crippen LogP contribution is 2.26. The number of carboxylic acid groups (broad SMARTS) is 1. The second-order valence-electron chi connectivity index (χ2n) is 5.02. The number of ether oxygens (including phenoxy) is 1. The van der Waals surface area contributed by atoms with E-state index in [9.17, 15) is 9.90 Å². The minimum Gasteiger partial charge on any atom is -0.481 e. The zero-order chi connectivity index (χ0) is 14.0. The lowest BCUT2D eigenvalue weighted by atomic mass is 10.0. The summed E-state index contributed by atoms with van der Waals surface area (Å²) in [6.45, 7) is 3.33. The van der Waals surface area contributed by atoms with E-state index < -0.39 is 12.0 Å². The Morgan fingerprint density at radius 2 is 2.26 bits per heavy atom. The van der Waals surface area contributed by atoms with Gasteiger partial charge in [0.2, 0.25) is 5.88 Å². The van der Waals surface area contributed by atoms with Crippen LogP contribution in [0.15, 0.2) is 0 Å². The van der Waals surface area contributed by atoms with Gasteiger partial charge in [-0.05, 0) is 26.3 Å². The van der Waals surface area contributed by atoms with Crippen LogP contribution in [0, 0.1) is 6.92 Å².